The van der Waals surface area contributed by atoms with E-state index in [2.05, 4.69) is 0 Å². The monoisotopic (exact) mass is 292 g/mol. The molecule has 0 radical (unpaired) electrons. The van der Waals surface area contributed by atoms with E-state index in [4.69, 9.17) is 9.56 Å². The first kappa shape index (κ1) is 9.30. The summed E-state index contributed by atoms with van der Waals surface area (Å²) in [6, 6.07) is 0. The first-order valence-electron chi connectivity index (χ1n) is 0.577. The van der Waals surface area contributed by atoms with Gasteiger partial charge in [-0.15, -0.1) is 0 Å². The van der Waals surface area contributed by atoms with Gasteiger partial charge in [0.05, 0.1) is 0 Å². The first-order chi connectivity index (χ1) is 1.41. The molecule has 0 amide bonds. The zero-order chi connectivity index (χ0) is 2.71. The van der Waals surface area contributed by atoms with Gasteiger partial charge in [0.1, 0.15) is 0 Å². The molecule has 0 nitrogen and oxygen atoms in total. The molecule has 0 aromatic carbocycles. The second kappa shape index (κ2) is 8.86. The molecule has 0 aliphatic rings. The minimum absolute atomic E-state index is 0. The van der Waals surface area contributed by atoms with Crippen LogP contribution in [0.15, 0.2) is 0 Å². The molecule has 0 aromatic rings. The Labute approximate surface area is 56.1 Å². The summed E-state index contributed by atoms with van der Waals surface area (Å²) in [4.78, 5) is 0. The molecule has 0 rings (SSSR count). The largest absolute Gasteiger partial charge is 0 e. The van der Waals surface area contributed by atoms with E-state index >= 15 is 0 Å². The van der Waals surface area contributed by atoms with Gasteiger partial charge in [-0.3, -0.25) is 0 Å². The molecule has 0 spiro atoms. The Bertz CT molecular complexity index is 79.2. The van der Waals surface area contributed by atoms with Gasteiger partial charge in [-0.2, -0.15) is 0 Å². The van der Waals surface area contributed by atoms with E-state index in [1.54, 1.807) is 0 Å². The van der Waals surface area contributed by atoms with Crippen molar-refractivity contribution >= 4 is 9.56 Å². The normalized spacial score (nSPS) is 6.00. The molecule has 0 heterocycles. The van der Waals surface area contributed by atoms with Crippen LogP contribution in [0.25, 0.3) is 0 Å². The van der Waals surface area contributed by atoms with E-state index in [1.807, 2.05) is 0 Å². The molecule has 0 bridgehead atoms. The Balaban J connectivity index is 0. The predicted octanol–water partition coefficient (Wildman–Crippen LogP) is -0.767. The van der Waals surface area contributed by atoms with Gasteiger partial charge in [-0.05, 0) is 0 Å². The van der Waals surface area contributed by atoms with Crippen LogP contribution in [0, 0.1) is 0 Å². The van der Waals surface area contributed by atoms with Crippen LogP contribution in [0.2, 0.25) is 0 Å². The van der Waals surface area contributed by atoms with Gasteiger partial charge in [0.15, 0.2) is 0 Å². The Morgan fingerprint density at radius 3 is 1.25 bits per heavy atom. The summed E-state index contributed by atoms with van der Waals surface area (Å²) in [7, 11) is 0. The van der Waals surface area contributed by atoms with Crippen LogP contribution >= 0.6 is 0 Å². The molecular formula is B2HfZr. The van der Waals surface area contributed by atoms with Gasteiger partial charge in [-0.1, -0.05) is 0 Å². The summed E-state index contributed by atoms with van der Waals surface area (Å²) in [6.45, 7) is 0. The molecule has 0 unspecified atom stereocenters. The number of rotatable bonds is 0. The fourth-order valence-corrected chi connectivity index (χ4v) is 0. The van der Waals surface area contributed by atoms with Crippen LogP contribution in [0.1, 0.15) is 0 Å². The maximum Gasteiger partial charge on any atom is 0 e. The molecule has 4 heavy (non-hydrogen) atoms. The molecule has 0 aromatic heterocycles. The van der Waals surface area contributed by atoms with Crippen molar-refractivity contribution in [3.63, 3.8) is 0 Å². The smallest absolute Gasteiger partial charge is 0 e. The van der Waals surface area contributed by atoms with Crippen LogP contribution in [0.5, 0.6) is 0 Å². The van der Waals surface area contributed by atoms with E-state index in [0.29, 0.717) is 0 Å². The van der Waals surface area contributed by atoms with E-state index < -0.39 is 21.0 Å². The summed E-state index contributed by atoms with van der Waals surface area (Å²) in [6.07, 6.45) is 0. The molecule has 0 saturated carbocycles. The Morgan fingerprint density at radius 1 is 1.25 bits per heavy atom. The zero-order valence-electron chi connectivity index (χ0n) is 2.15. The molecule has 0 atom stereocenters. The second-order valence-corrected chi connectivity index (χ2v) is 1.36. The number of hydrogen-bond donors (Lipinski definition) is 0. The molecule has 0 aliphatic carbocycles. The van der Waals surface area contributed by atoms with Gasteiger partial charge in [0.2, 0.25) is 0 Å². The van der Waals surface area contributed by atoms with Crippen LogP contribution in [-0.4, -0.2) is 9.56 Å². The molecule has 4 heteroatoms. The van der Waals surface area contributed by atoms with Crippen molar-refractivity contribution in [3.8, 4) is 0 Å². The quantitative estimate of drug-likeness (QED) is 0.515. The van der Waals surface area contributed by atoms with Gasteiger partial charge in [-0.25, -0.2) is 0 Å². The SMILES string of the molecule is [B]#[Hf]#[B].[Zr]. The van der Waals surface area contributed by atoms with Crippen molar-refractivity contribution in [3.05, 3.63) is 0 Å². The third-order valence-electron chi connectivity index (χ3n) is 0. The van der Waals surface area contributed by atoms with Gasteiger partial charge >= 0.3 is 30.6 Å². The van der Waals surface area contributed by atoms with Crippen molar-refractivity contribution in [2.75, 3.05) is 0 Å². The average Bonchev–Trinajstić information content (AvgIpc) is 0.918. The van der Waals surface area contributed by atoms with Crippen LogP contribution in [-0.2, 0) is 47.2 Å². The van der Waals surface area contributed by atoms with E-state index in [1.165, 1.54) is 0 Å². The average molecular weight is 291 g/mol. The third kappa shape index (κ3) is 9.10. The summed E-state index contributed by atoms with van der Waals surface area (Å²) in [5.41, 5.74) is 0. The summed E-state index contributed by atoms with van der Waals surface area (Å²) in [5.74, 6) is 0. The summed E-state index contributed by atoms with van der Waals surface area (Å²) >= 11 is -0.917. The molecule has 0 saturated heterocycles. The first-order valence-corrected chi connectivity index (χ1v) is 4.73. The predicted molar refractivity (Wildman–Crippen MR) is 11.5 cm³/mol. The van der Waals surface area contributed by atoms with E-state index in [0.717, 1.165) is 0 Å². The summed E-state index contributed by atoms with van der Waals surface area (Å²) in [5, 5.41) is 0. The van der Waals surface area contributed by atoms with Crippen molar-refractivity contribution < 1.29 is 47.2 Å². The topological polar surface area (TPSA) is 0 Å². The molecule has 0 fully saturated rings. The molecule has 14 valence electrons. The molecule has 0 aliphatic heterocycles. The second-order valence-electron chi connectivity index (χ2n) is 0.167. The van der Waals surface area contributed by atoms with Gasteiger partial charge in [0.25, 0.3) is 0 Å². The fourth-order valence-electron chi connectivity index (χ4n) is 0. The minimum Gasteiger partial charge on any atom is 0 e. The Morgan fingerprint density at radius 2 is 1.25 bits per heavy atom. The van der Waals surface area contributed by atoms with Crippen molar-refractivity contribution in [2.24, 2.45) is 0 Å². The van der Waals surface area contributed by atoms with Crippen molar-refractivity contribution in [2.45, 2.75) is 0 Å². The molecular weight excluding hydrogens is 291 g/mol. The number of hydrogen-bond acceptors (Lipinski definition) is 0. The van der Waals surface area contributed by atoms with Gasteiger partial charge in [0, 0.05) is 26.2 Å². The van der Waals surface area contributed by atoms with Crippen LogP contribution < -0.4 is 0 Å². The zero-order valence-corrected chi connectivity index (χ0v) is 8.21. The maximum atomic E-state index is 4.82. The maximum absolute atomic E-state index is 4.82. The van der Waals surface area contributed by atoms with Gasteiger partial charge < -0.3 is 0 Å². The van der Waals surface area contributed by atoms with Crippen LogP contribution in [0.3, 0.4) is 0 Å². The standard InChI is InChI=1S/2B.Hf.Zr. The van der Waals surface area contributed by atoms with Crippen molar-refractivity contribution in [1.82, 2.24) is 0 Å². The summed E-state index contributed by atoms with van der Waals surface area (Å²) < 4.78 is 9.64. The molecule has 0 N–H and O–H groups in total. The third-order valence-corrected chi connectivity index (χ3v) is 0. The van der Waals surface area contributed by atoms with Crippen LogP contribution in [0.4, 0.5) is 0 Å². The Kier molecular flexibility index (Phi) is 20.6. The Hall–Kier alpha value is 1.88. The fraction of sp³-hybridized carbons (Fsp3) is 0. The minimum atomic E-state index is -0.917. The van der Waals surface area contributed by atoms with E-state index in [9.17, 15) is 0 Å². The van der Waals surface area contributed by atoms with Crippen molar-refractivity contribution in [1.29, 1.82) is 0 Å². The van der Waals surface area contributed by atoms with E-state index in [-0.39, 0.29) is 26.2 Å².